The SMILES string of the molecule is COc1cc(/C=N/Nc2nc(Nc3ccccc3)nc(N3CCCC3)n2)ccc1OC(=O)c1ccc(C)cc1. The van der Waals surface area contributed by atoms with E-state index in [9.17, 15) is 4.79 Å². The van der Waals surface area contributed by atoms with E-state index in [1.165, 1.54) is 7.11 Å². The van der Waals surface area contributed by atoms with E-state index in [4.69, 9.17) is 9.47 Å². The molecule has 0 aliphatic carbocycles. The Labute approximate surface area is 226 Å². The van der Waals surface area contributed by atoms with Gasteiger partial charge in [-0.1, -0.05) is 35.9 Å². The van der Waals surface area contributed by atoms with Crippen LogP contribution in [0.1, 0.15) is 34.3 Å². The van der Waals surface area contributed by atoms with E-state index in [1.54, 1.807) is 36.5 Å². The minimum atomic E-state index is -0.458. The van der Waals surface area contributed by atoms with Crippen LogP contribution in [0.4, 0.5) is 23.5 Å². The van der Waals surface area contributed by atoms with Crippen LogP contribution in [0.15, 0.2) is 77.9 Å². The molecule has 0 bridgehead atoms. The van der Waals surface area contributed by atoms with Crippen LogP contribution in [0.2, 0.25) is 0 Å². The van der Waals surface area contributed by atoms with E-state index in [2.05, 4.69) is 35.7 Å². The second-order valence-electron chi connectivity index (χ2n) is 9.00. The third kappa shape index (κ3) is 6.67. The number of para-hydroxylation sites is 1. The second-order valence-corrected chi connectivity index (χ2v) is 9.00. The molecule has 10 nitrogen and oxygen atoms in total. The van der Waals surface area contributed by atoms with Crippen molar-refractivity contribution in [2.75, 3.05) is 35.8 Å². The number of anilines is 4. The maximum atomic E-state index is 12.5. The highest BCUT2D eigenvalue weighted by Gasteiger charge is 2.18. The molecule has 3 aromatic carbocycles. The number of hydrogen-bond acceptors (Lipinski definition) is 10. The summed E-state index contributed by atoms with van der Waals surface area (Å²) in [5, 5.41) is 7.54. The van der Waals surface area contributed by atoms with Gasteiger partial charge in [0.05, 0.1) is 18.9 Å². The van der Waals surface area contributed by atoms with Crippen molar-refractivity contribution in [3.05, 3.63) is 89.5 Å². The largest absolute Gasteiger partial charge is 0.493 e. The molecule has 0 saturated carbocycles. The minimum absolute atomic E-state index is 0.317. The maximum Gasteiger partial charge on any atom is 0.343 e. The van der Waals surface area contributed by atoms with E-state index in [1.807, 2.05) is 49.4 Å². The third-order valence-corrected chi connectivity index (χ3v) is 6.10. The summed E-state index contributed by atoms with van der Waals surface area (Å²) in [4.78, 5) is 28.3. The Morgan fingerprint density at radius 3 is 2.41 bits per heavy atom. The number of benzene rings is 3. The molecule has 1 aliphatic heterocycles. The van der Waals surface area contributed by atoms with Gasteiger partial charge in [0.15, 0.2) is 11.5 Å². The molecular formula is C29H29N7O3. The highest BCUT2D eigenvalue weighted by Crippen LogP contribution is 2.28. The summed E-state index contributed by atoms with van der Waals surface area (Å²) in [6.45, 7) is 3.76. The van der Waals surface area contributed by atoms with Gasteiger partial charge in [-0.3, -0.25) is 0 Å². The van der Waals surface area contributed by atoms with Crippen molar-refractivity contribution < 1.29 is 14.3 Å². The predicted octanol–water partition coefficient (Wildman–Crippen LogP) is 5.20. The first-order valence-corrected chi connectivity index (χ1v) is 12.7. The van der Waals surface area contributed by atoms with Gasteiger partial charge in [-0.2, -0.15) is 20.1 Å². The van der Waals surface area contributed by atoms with Crippen molar-refractivity contribution in [2.45, 2.75) is 19.8 Å². The molecule has 1 aliphatic rings. The summed E-state index contributed by atoms with van der Waals surface area (Å²) < 4.78 is 11.0. The average Bonchev–Trinajstić information content (AvgIpc) is 3.50. The number of methoxy groups -OCH3 is 1. The molecule has 1 aromatic heterocycles. The summed E-state index contributed by atoms with van der Waals surface area (Å²) in [5.41, 5.74) is 6.04. The first-order chi connectivity index (χ1) is 19.1. The summed E-state index contributed by atoms with van der Waals surface area (Å²) in [5.74, 6) is 1.61. The highest BCUT2D eigenvalue weighted by atomic mass is 16.6. The summed E-state index contributed by atoms with van der Waals surface area (Å²) in [6.07, 6.45) is 3.82. The van der Waals surface area contributed by atoms with Gasteiger partial charge in [0.1, 0.15) is 0 Å². The molecule has 0 radical (unpaired) electrons. The Bertz CT molecular complexity index is 1450. The Balaban J connectivity index is 1.30. The lowest BCUT2D eigenvalue weighted by Gasteiger charge is -2.16. The number of aromatic nitrogens is 3. The number of nitrogens with one attached hydrogen (secondary N) is 2. The van der Waals surface area contributed by atoms with Gasteiger partial charge in [0, 0.05) is 18.8 Å². The molecule has 39 heavy (non-hydrogen) atoms. The number of hydrazone groups is 1. The van der Waals surface area contributed by atoms with Crippen LogP contribution in [-0.2, 0) is 0 Å². The minimum Gasteiger partial charge on any atom is -0.493 e. The fourth-order valence-electron chi connectivity index (χ4n) is 4.04. The van der Waals surface area contributed by atoms with Crippen molar-refractivity contribution in [3.63, 3.8) is 0 Å². The molecule has 0 atom stereocenters. The topological polar surface area (TPSA) is 114 Å². The molecular weight excluding hydrogens is 494 g/mol. The average molecular weight is 524 g/mol. The van der Waals surface area contributed by atoms with Crippen LogP contribution in [0, 0.1) is 6.92 Å². The number of nitrogens with zero attached hydrogens (tertiary/aromatic N) is 5. The fraction of sp³-hybridized carbons (Fsp3) is 0.207. The molecule has 5 rings (SSSR count). The van der Waals surface area contributed by atoms with Crippen LogP contribution in [0.3, 0.4) is 0 Å². The monoisotopic (exact) mass is 523 g/mol. The van der Waals surface area contributed by atoms with E-state index in [0.29, 0.717) is 34.9 Å². The Morgan fingerprint density at radius 1 is 0.923 bits per heavy atom. The van der Waals surface area contributed by atoms with Crippen molar-refractivity contribution >= 4 is 35.7 Å². The van der Waals surface area contributed by atoms with Crippen molar-refractivity contribution in [3.8, 4) is 11.5 Å². The number of esters is 1. The third-order valence-electron chi connectivity index (χ3n) is 6.10. The number of rotatable bonds is 9. The van der Waals surface area contributed by atoms with Gasteiger partial charge in [-0.25, -0.2) is 10.2 Å². The van der Waals surface area contributed by atoms with Crippen LogP contribution in [0.5, 0.6) is 11.5 Å². The molecule has 0 unspecified atom stereocenters. The van der Waals surface area contributed by atoms with E-state index in [-0.39, 0.29) is 0 Å². The van der Waals surface area contributed by atoms with Crippen molar-refractivity contribution in [2.24, 2.45) is 5.10 Å². The number of ether oxygens (including phenoxy) is 2. The van der Waals surface area contributed by atoms with Gasteiger partial charge in [-0.15, -0.1) is 0 Å². The second kappa shape index (κ2) is 12.0. The van der Waals surface area contributed by atoms with Gasteiger partial charge >= 0.3 is 5.97 Å². The summed E-state index contributed by atoms with van der Waals surface area (Å²) in [7, 11) is 1.52. The highest BCUT2D eigenvalue weighted by molar-refractivity contribution is 5.91. The number of aryl methyl sites for hydroxylation is 1. The Morgan fingerprint density at radius 2 is 1.67 bits per heavy atom. The van der Waals surface area contributed by atoms with E-state index < -0.39 is 5.97 Å². The number of hydrogen-bond donors (Lipinski definition) is 2. The summed E-state index contributed by atoms with van der Waals surface area (Å²) in [6, 6.07) is 22.1. The van der Waals surface area contributed by atoms with E-state index in [0.717, 1.165) is 42.7 Å². The number of carbonyl (C=O) groups excluding carboxylic acids is 1. The molecule has 0 amide bonds. The fourth-order valence-corrected chi connectivity index (χ4v) is 4.04. The van der Waals surface area contributed by atoms with Gasteiger partial charge in [0.25, 0.3) is 0 Å². The molecule has 10 heteroatoms. The molecule has 0 spiro atoms. The molecule has 1 fully saturated rings. The van der Waals surface area contributed by atoms with Crippen LogP contribution >= 0.6 is 0 Å². The maximum absolute atomic E-state index is 12.5. The zero-order valence-electron chi connectivity index (χ0n) is 21.8. The lowest BCUT2D eigenvalue weighted by Crippen LogP contribution is -2.21. The Hall–Kier alpha value is -4.99. The molecule has 4 aromatic rings. The summed E-state index contributed by atoms with van der Waals surface area (Å²) >= 11 is 0. The Kier molecular flexibility index (Phi) is 7.92. The quantitative estimate of drug-likeness (QED) is 0.132. The van der Waals surface area contributed by atoms with Crippen molar-refractivity contribution in [1.82, 2.24) is 15.0 Å². The predicted molar refractivity (Wildman–Crippen MR) is 151 cm³/mol. The molecule has 198 valence electrons. The number of carbonyl (C=O) groups is 1. The first kappa shape index (κ1) is 25.7. The molecule has 2 heterocycles. The van der Waals surface area contributed by atoms with Crippen LogP contribution in [0.25, 0.3) is 0 Å². The molecule has 1 saturated heterocycles. The lowest BCUT2D eigenvalue weighted by molar-refractivity contribution is 0.0729. The zero-order chi connectivity index (χ0) is 27.0. The molecule has 2 N–H and O–H groups in total. The smallest absolute Gasteiger partial charge is 0.343 e. The first-order valence-electron chi connectivity index (χ1n) is 12.7. The normalized spacial score (nSPS) is 12.9. The van der Waals surface area contributed by atoms with Gasteiger partial charge in [0.2, 0.25) is 17.8 Å². The van der Waals surface area contributed by atoms with Gasteiger partial charge in [-0.05, 0) is 67.8 Å². The zero-order valence-corrected chi connectivity index (χ0v) is 21.8. The van der Waals surface area contributed by atoms with Crippen LogP contribution < -0.4 is 25.1 Å². The lowest BCUT2D eigenvalue weighted by atomic mass is 10.1. The van der Waals surface area contributed by atoms with Gasteiger partial charge < -0.3 is 19.7 Å². The van der Waals surface area contributed by atoms with Crippen molar-refractivity contribution in [1.29, 1.82) is 0 Å². The standard InChI is InChI=1S/C29H29N7O3/c1-20-10-13-22(14-11-20)26(37)39-24-15-12-21(18-25(24)38-2)19-30-35-28-32-27(31-23-8-4-3-5-9-23)33-29(34-28)36-16-6-7-17-36/h3-5,8-15,18-19H,6-7,16-17H2,1-2H3,(H2,31,32,33,34,35)/b30-19+. The van der Waals surface area contributed by atoms with E-state index >= 15 is 0 Å². The van der Waals surface area contributed by atoms with Crippen LogP contribution in [-0.4, -0.2) is 47.3 Å².